The van der Waals surface area contributed by atoms with Gasteiger partial charge in [0.1, 0.15) is 5.75 Å². The highest BCUT2D eigenvalue weighted by atomic mass is 35.5. The Balaban J connectivity index is 0.00000256. The molecule has 1 fully saturated rings. The van der Waals surface area contributed by atoms with Crippen molar-refractivity contribution >= 4 is 35.7 Å². The monoisotopic (exact) mass is 428 g/mol. The maximum Gasteiger partial charge on any atom is 0.222 e. The molecule has 0 aliphatic carbocycles. The summed E-state index contributed by atoms with van der Waals surface area (Å²) in [5, 5.41) is 3.54. The fourth-order valence-corrected chi connectivity index (χ4v) is 3.94. The van der Waals surface area contributed by atoms with Crippen molar-refractivity contribution in [2.24, 2.45) is 15.7 Å². The van der Waals surface area contributed by atoms with Crippen molar-refractivity contribution in [2.45, 2.75) is 33.0 Å². The van der Waals surface area contributed by atoms with Crippen molar-refractivity contribution < 1.29 is 4.74 Å². The standard InChI is InChI=1S/C22H28N6O.ClH/c1-15-11-16(2)13-17(12-15)24-21-25-20(23)26-22(27-9-4-5-10-27)28(21)18-7-6-8-19(14-18)29-3;/h6-8,11-14,21,24H,4-5,9-10H2,1-3H3,(H2,23,25);1H. The van der Waals surface area contributed by atoms with Crippen LogP contribution in [0.25, 0.3) is 0 Å². The number of nitrogens with two attached hydrogens (primary N) is 1. The number of guanidine groups is 2. The zero-order valence-corrected chi connectivity index (χ0v) is 18.4. The quantitative estimate of drug-likeness (QED) is 0.776. The van der Waals surface area contributed by atoms with Gasteiger partial charge in [0.15, 0.2) is 0 Å². The Morgan fingerprint density at radius 3 is 2.43 bits per heavy atom. The molecule has 30 heavy (non-hydrogen) atoms. The number of likely N-dealkylation sites (tertiary alicyclic amines) is 1. The normalized spacial score (nSPS) is 18.4. The third-order valence-electron chi connectivity index (χ3n) is 5.17. The second-order valence-electron chi connectivity index (χ2n) is 7.56. The van der Waals surface area contributed by atoms with E-state index in [1.165, 1.54) is 11.1 Å². The van der Waals surface area contributed by atoms with Gasteiger partial charge in [0.05, 0.1) is 12.8 Å². The van der Waals surface area contributed by atoms with Gasteiger partial charge >= 0.3 is 0 Å². The molecule has 0 saturated carbocycles. The average Bonchev–Trinajstić information content (AvgIpc) is 3.21. The maximum absolute atomic E-state index is 6.14. The van der Waals surface area contributed by atoms with Gasteiger partial charge in [0.2, 0.25) is 18.2 Å². The number of aliphatic imine (C=N–C) groups is 2. The van der Waals surface area contributed by atoms with Crippen LogP contribution in [0.5, 0.6) is 5.75 Å². The third kappa shape index (κ3) is 4.62. The van der Waals surface area contributed by atoms with E-state index < -0.39 is 6.29 Å². The Labute approximate surface area is 184 Å². The number of anilines is 2. The van der Waals surface area contributed by atoms with Crippen LogP contribution in [0, 0.1) is 13.8 Å². The fraction of sp³-hybridized carbons (Fsp3) is 0.364. The molecular weight excluding hydrogens is 400 g/mol. The molecule has 0 bridgehead atoms. The second-order valence-corrected chi connectivity index (χ2v) is 7.56. The van der Waals surface area contributed by atoms with Gasteiger partial charge in [-0.1, -0.05) is 12.1 Å². The van der Waals surface area contributed by atoms with E-state index in [0.29, 0.717) is 0 Å². The highest BCUT2D eigenvalue weighted by molar-refractivity contribution is 6.06. The Morgan fingerprint density at radius 2 is 1.77 bits per heavy atom. The largest absolute Gasteiger partial charge is 0.497 e. The van der Waals surface area contributed by atoms with Gasteiger partial charge in [-0.2, -0.15) is 4.99 Å². The molecule has 1 atom stereocenters. The summed E-state index contributed by atoms with van der Waals surface area (Å²) in [6.07, 6.45) is 1.89. The van der Waals surface area contributed by atoms with Crippen LogP contribution >= 0.6 is 12.4 Å². The summed E-state index contributed by atoms with van der Waals surface area (Å²) < 4.78 is 5.45. The Kier molecular flexibility index (Phi) is 6.72. The summed E-state index contributed by atoms with van der Waals surface area (Å²) in [5.74, 6) is 1.90. The van der Waals surface area contributed by atoms with Crippen molar-refractivity contribution in [2.75, 3.05) is 30.4 Å². The Bertz CT molecular complexity index is 934. The van der Waals surface area contributed by atoms with E-state index in [-0.39, 0.29) is 18.4 Å². The lowest BCUT2D eigenvalue weighted by molar-refractivity contribution is 0.414. The first-order valence-electron chi connectivity index (χ1n) is 9.98. The average molecular weight is 429 g/mol. The first-order valence-corrected chi connectivity index (χ1v) is 9.98. The summed E-state index contributed by atoms with van der Waals surface area (Å²) in [7, 11) is 1.67. The number of nitrogens with one attached hydrogen (secondary N) is 1. The number of nitrogens with zero attached hydrogens (tertiary/aromatic N) is 4. The van der Waals surface area contributed by atoms with Crippen molar-refractivity contribution in [3.63, 3.8) is 0 Å². The van der Waals surface area contributed by atoms with Crippen molar-refractivity contribution in [1.29, 1.82) is 0 Å². The third-order valence-corrected chi connectivity index (χ3v) is 5.17. The van der Waals surface area contributed by atoms with Gasteiger partial charge < -0.3 is 20.7 Å². The van der Waals surface area contributed by atoms with E-state index in [1.54, 1.807) is 7.11 Å². The molecule has 1 unspecified atom stereocenters. The van der Waals surface area contributed by atoms with E-state index in [1.807, 2.05) is 24.3 Å². The van der Waals surface area contributed by atoms with E-state index in [4.69, 9.17) is 10.5 Å². The van der Waals surface area contributed by atoms with E-state index in [2.05, 4.69) is 57.1 Å². The zero-order chi connectivity index (χ0) is 20.4. The lowest BCUT2D eigenvalue weighted by atomic mass is 10.1. The lowest BCUT2D eigenvalue weighted by Crippen LogP contribution is -2.54. The minimum atomic E-state index is -0.406. The van der Waals surface area contributed by atoms with Crippen LogP contribution in [0.3, 0.4) is 0 Å². The van der Waals surface area contributed by atoms with Crippen molar-refractivity contribution in [3.8, 4) is 5.75 Å². The van der Waals surface area contributed by atoms with Crippen LogP contribution in [-0.4, -0.2) is 43.3 Å². The molecule has 3 N–H and O–H groups in total. The van der Waals surface area contributed by atoms with Crippen LogP contribution in [0.15, 0.2) is 52.4 Å². The molecule has 0 aromatic heterocycles. The number of aryl methyl sites for hydroxylation is 2. The summed E-state index contributed by atoms with van der Waals surface area (Å²) in [6.45, 7) is 6.10. The van der Waals surface area contributed by atoms with E-state index in [9.17, 15) is 0 Å². The molecule has 0 spiro atoms. The molecule has 4 rings (SSSR count). The molecule has 0 radical (unpaired) electrons. The number of halogens is 1. The predicted molar refractivity (Wildman–Crippen MR) is 126 cm³/mol. The first kappa shape index (κ1) is 21.8. The highest BCUT2D eigenvalue weighted by Crippen LogP contribution is 2.28. The van der Waals surface area contributed by atoms with Gasteiger partial charge in [0, 0.05) is 24.8 Å². The molecule has 2 aromatic carbocycles. The van der Waals surface area contributed by atoms with Gasteiger partial charge in [-0.25, -0.2) is 4.99 Å². The molecular formula is C22H29ClN6O. The maximum atomic E-state index is 6.14. The SMILES string of the molecule is COc1cccc(N2C(N3CCCC3)=NC(N)=NC2Nc2cc(C)cc(C)c2)c1.Cl. The van der Waals surface area contributed by atoms with Gasteiger partial charge in [-0.15, -0.1) is 12.4 Å². The Morgan fingerprint density at radius 1 is 1.07 bits per heavy atom. The number of benzene rings is 2. The van der Waals surface area contributed by atoms with Crippen molar-refractivity contribution in [1.82, 2.24) is 4.90 Å². The van der Waals surface area contributed by atoms with Crippen molar-refractivity contribution in [3.05, 3.63) is 53.6 Å². The van der Waals surface area contributed by atoms with Crippen LogP contribution in [0.4, 0.5) is 11.4 Å². The van der Waals surface area contributed by atoms with Gasteiger partial charge in [-0.3, -0.25) is 4.90 Å². The molecule has 0 amide bonds. The molecule has 8 heteroatoms. The Hall–Kier alpha value is -2.93. The molecule has 7 nitrogen and oxygen atoms in total. The minimum absolute atomic E-state index is 0. The smallest absolute Gasteiger partial charge is 0.222 e. The molecule has 2 aliphatic rings. The molecule has 160 valence electrons. The number of hydrogen-bond donors (Lipinski definition) is 2. The molecule has 2 aromatic rings. The summed E-state index contributed by atoms with van der Waals surface area (Å²) >= 11 is 0. The van der Waals surface area contributed by atoms with Crippen LogP contribution in [-0.2, 0) is 0 Å². The number of methoxy groups -OCH3 is 1. The van der Waals surface area contributed by atoms with Crippen LogP contribution < -0.4 is 20.7 Å². The lowest BCUT2D eigenvalue weighted by Gasteiger charge is -2.38. The van der Waals surface area contributed by atoms with Gasteiger partial charge in [0.25, 0.3) is 0 Å². The molecule has 2 heterocycles. The second kappa shape index (κ2) is 9.26. The summed E-state index contributed by atoms with van der Waals surface area (Å²) in [6, 6.07) is 14.3. The minimum Gasteiger partial charge on any atom is -0.497 e. The zero-order valence-electron chi connectivity index (χ0n) is 17.6. The van der Waals surface area contributed by atoms with E-state index in [0.717, 1.165) is 49.0 Å². The molecule has 1 saturated heterocycles. The first-order chi connectivity index (χ1) is 14.0. The predicted octanol–water partition coefficient (Wildman–Crippen LogP) is 3.72. The number of ether oxygens (including phenoxy) is 1. The highest BCUT2D eigenvalue weighted by Gasteiger charge is 2.32. The van der Waals surface area contributed by atoms with Crippen LogP contribution in [0.1, 0.15) is 24.0 Å². The number of rotatable bonds is 4. The summed E-state index contributed by atoms with van der Waals surface area (Å²) in [4.78, 5) is 13.6. The van der Waals surface area contributed by atoms with Crippen LogP contribution in [0.2, 0.25) is 0 Å². The van der Waals surface area contributed by atoms with Gasteiger partial charge in [-0.05, 0) is 62.1 Å². The topological polar surface area (TPSA) is 78.5 Å². The molecule has 2 aliphatic heterocycles. The fourth-order valence-electron chi connectivity index (χ4n) is 3.94. The number of hydrogen-bond acceptors (Lipinski definition) is 7. The van der Waals surface area contributed by atoms with E-state index >= 15 is 0 Å². The summed E-state index contributed by atoms with van der Waals surface area (Å²) in [5.41, 5.74) is 10.5.